The van der Waals surface area contributed by atoms with Gasteiger partial charge in [-0.2, -0.15) is 4.39 Å². The summed E-state index contributed by atoms with van der Waals surface area (Å²) in [5.41, 5.74) is 1.05. The molecule has 20 heavy (non-hydrogen) atoms. The topological polar surface area (TPSA) is 34.1 Å². The van der Waals surface area contributed by atoms with Gasteiger partial charge in [0.25, 0.3) is 0 Å². The molecule has 0 aliphatic carbocycles. The van der Waals surface area contributed by atoms with Crippen molar-refractivity contribution < 1.29 is 13.5 Å². The Morgan fingerprint density at radius 3 is 2.90 bits per heavy atom. The average Bonchev–Trinajstić information content (AvgIpc) is 2.44. The minimum absolute atomic E-state index is 0.0972. The van der Waals surface area contributed by atoms with Crippen molar-refractivity contribution in [2.24, 2.45) is 0 Å². The van der Waals surface area contributed by atoms with Gasteiger partial charge in [0.2, 0.25) is 5.82 Å². The molecule has 2 rings (SSSR count). The van der Waals surface area contributed by atoms with Crippen molar-refractivity contribution >= 4 is 15.9 Å². The molecule has 6 heteroatoms. The molecule has 0 amide bonds. The molecular formula is C14H13BrF2N2O. The number of pyridine rings is 1. The van der Waals surface area contributed by atoms with Gasteiger partial charge >= 0.3 is 0 Å². The minimum atomic E-state index is -0.972. The number of ether oxygens (including phenoxy) is 1. The standard InChI is InChI=1S/C14H13BrF2N2O/c15-11-6-12(16)14(17)13(7-11)20-5-4-19-9-10-2-1-3-18-8-10/h1-3,6-8,19H,4-5,9H2. The van der Waals surface area contributed by atoms with Gasteiger partial charge < -0.3 is 10.1 Å². The zero-order valence-corrected chi connectivity index (χ0v) is 12.2. The highest BCUT2D eigenvalue weighted by Crippen LogP contribution is 2.25. The largest absolute Gasteiger partial charge is 0.489 e. The van der Waals surface area contributed by atoms with Crippen LogP contribution in [-0.4, -0.2) is 18.1 Å². The van der Waals surface area contributed by atoms with Crippen LogP contribution in [0.25, 0.3) is 0 Å². The molecule has 1 heterocycles. The van der Waals surface area contributed by atoms with E-state index in [0.29, 0.717) is 17.6 Å². The maximum atomic E-state index is 13.4. The molecule has 106 valence electrons. The number of rotatable bonds is 6. The summed E-state index contributed by atoms with van der Waals surface area (Å²) in [5, 5.41) is 3.13. The molecule has 1 N–H and O–H groups in total. The fraction of sp³-hybridized carbons (Fsp3) is 0.214. The van der Waals surface area contributed by atoms with Gasteiger partial charge in [-0.1, -0.05) is 22.0 Å². The molecule has 0 atom stereocenters. The second-order valence-corrected chi connectivity index (χ2v) is 5.00. The molecule has 0 bridgehead atoms. The predicted octanol–water partition coefficient (Wildman–Crippen LogP) is 3.29. The van der Waals surface area contributed by atoms with E-state index in [2.05, 4.69) is 26.2 Å². The third-order valence-corrected chi connectivity index (χ3v) is 3.01. The van der Waals surface area contributed by atoms with Crippen LogP contribution in [0.1, 0.15) is 5.56 Å². The highest BCUT2D eigenvalue weighted by Gasteiger charge is 2.10. The molecule has 0 aliphatic heterocycles. The highest BCUT2D eigenvalue weighted by molar-refractivity contribution is 9.10. The predicted molar refractivity (Wildman–Crippen MR) is 75.5 cm³/mol. The Morgan fingerprint density at radius 1 is 1.30 bits per heavy atom. The summed E-state index contributed by atoms with van der Waals surface area (Å²) >= 11 is 3.09. The molecule has 1 aromatic heterocycles. The molecular weight excluding hydrogens is 330 g/mol. The van der Waals surface area contributed by atoms with Crippen LogP contribution in [0.15, 0.2) is 41.1 Å². The van der Waals surface area contributed by atoms with Gasteiger partial charge in [0.15, 0.2) is 11.6 Å². The summed E-state index contributed by atoms with van der Waals surface area (Å²) in [6.45, 7) is 1.40. The Balaban J connectivity index is 1.76. The first kappa shape index (κ1) is 14.9. The van der Waals surface area contributed by atoms with E-state index in [1.165, 1.54) is 6.07 Å². The van der Waals surface area contributed by atoms with Gasteiger partial charge in [-0.15, -0.1) is 0 Å². The van der Waals surface area contributed by atoms with Crippen molar-refractivity contribution in [3.05, 3.63) is 58.3 Å². The molecule has 0 unspecified atom stereocenters. The first-order valence-corrected chi connectivity index (χ1v) is 6.83. The third-order valence-electron chi connectivity index (χ3n) is 2.55. The fourth-order valence-electron chi connectivity index (χ4n) is 1.61. The third kappa shape index (κ3) is 4.25. The monoisotopic (exact) mass is 342 g/mol. The Labute approximate surface area is 124 Å². The average molecular weight is 343 g/mol. The normalized spacial score (nSPS) is 10.6. The summed E-state index contributed by atoms with van der Waals surface area (Å²) in [5.74, 6) is -2.00. The lowest BCUT2D eigenvalue weighted by Gasteiger charge is -2.09. The van der Waals surface area contributed by atoms with Crippen molar-refractivity contribution in [3.8, 4) is 5.75 Å². The SMILES string of the molecule is Fc1cc(Br)cc(OCCNCc2cccnc2)c1F. The second-order valence-electron chi connectivity index (χ2n) is 4.09. The van der Waals surface area contributed by atoms with E-state index in [4.69, 9.17) is 4.74 Å². The van der Waals surface area contributed by atoms with Gasteiger partial charge in [-0.25, -0.2) is 4.39 Å². The number of halogens is 3. The molecule has 3 nitrogen and oxygen atoms in total. The number of aromatic nitrogens is 1. The van der Waals surface area contributed by atoms with Crippen LogP contribution >= 0.6 is 15.9 Å². The highest BCUT2D eigenvalue weighted by atomic mass is 79.9. The van der Waals surface area contributed by atoms with Crippen molar-refractivity contribution in [2.45, 2.75) is 6.54 Å². The maximum absolute atomic E-state index is 13.4. The maximum Gasteiger partial charge on any atom is 0.200 e. The van der Waals surface area contributed by atoms with Gasteiger partial charge in [0, 0.05) is 30.0 Å². The van der Waals surface area contributed by atoms with Crippen LogP contribution in [-0.2, 0) is 6.54 Å². The summed E-state index contributed by atoms with van der Waals surface area (Å²) < 4.78 is 32.2. The van der Waals surface area contributed by atoms with Crippen LogP contribution in [0, 0.1) is 11.6 Å². The van der Waals surface area contributed by atoms with E-state index in [9.17, 15) is 8.78 Å². The van der Waals surface area contributed by atoms with Gasteiger partial charge in [-0.3, -0.25) is 4.98 Å². The molecule has 0 fully saturated rings. The van der Waals surface area contributed by atoms with Gasteiger partial charge in [0.05, 0.1) is 0 Å². The van der Waals surface area contributed by atoms with E-state index in [0.717, 1.165) is 11.6 Å². The molecule has 0 spiro atoms. The van der Waals surface area contributed by atoms with Crippen LogP contribution in [0.4, 0.5) is 8.78 Å². The Kier molecular flexibility index (Phi) is 5.43. The van der Waals surface area contributed by atoms with E-state index >= 15 is 0 Å². The first-order valence-electron chi connectivity index (χ1n) is 6.04. The molecule has 0 radical (unpaired) electrons. The van der Waals surface area contributed by atoms with Gasteiger partial charge in [0.1, 0.15) is 6.61 Å². The van der Waals surface area contributed by atoms with Crippen molar-refractivity contribution in [1.82, 2.24) is 10.3 Å². The van der Waals surface area contributed by atoms with E-state index in [-0.39, 0.29) is 12.4 Å². The Bertz CT molecular complexity index is 567. The number of nitrogens with one attached hydrogen (secondary N) is 1. The number of benzene rings is 1. The fourth-order valence-corrected chi connectivity index (χ4v) is 2.01. The zero-order chi connectivity index (χ0) is 14.4. The second kappa shape index (κ2) is 7.31. The lowest BCUT2D eigenvalue weighted by molar-refractivity contribution is 0.292. The van der Waals surface area contributed by atoms with E-state index in [1.54, 1.807) is 12.4 Å². The van der Waals surface area contributed by atoms with E-state index in [1.807, 2.05) is 12.1 Å². The van der Waals surface area contributed by atoms with Gasteiger partial charge in [-0.05, 0) is 23.8 Å². The summed E-state index contributed by atoms with van der Waals surface area (Å²) in [6, 6.07) is 6.26. The van der Waals surface area contributed by atoms with Crippen LogP contribution in [0.3, 0.4) is 0 Å². The van der Waals surface area contributed by atoms with Crippen molar-refractivity contribution in [2.75, 3.05) is 13.2 Å². The lowest BCUT2D eigenvalue weighted by Crippen LogP contribution is -2.21. The number of nitrogens with zero attached hydrogens (tertiary/aromatic N) is 1. The van der Waals surface area contributed by atoms with E-state index < -0.39 is 11.6 Å². The van der Waals surface area contributed by atoms with Crippen LogP contribution < -0.4 is 10.1 Å². The summed E-state index contributed by atoms with van der Waals surface area (Å²) in [4.78, 5) is 3.99. The Morgan fingerprint density at radius 2 is 2.15 bits per heavy atom. The quantitative estimate of drug-likeness (QED) is 0.646. The molecule has 0 saturated heterocycles. The number of hydrogen-bond acceptors (Lipinski definition) is 3. The first-order chi connectivity index (χ1) is 9.66. The Hall–Kier alpha value is -1.53. The van der Waals surface area contributed by atoms with Crippen LogP contribution in [0.2, 0.25) is 0 Å². The summed E-state index contributed by atoms with van der Waals surface area (Å²) in [6.07, 6.45) is 3.47. The minimum Gasteiger partial charge on any atom is -0.489 e. The smallest absolute Gasteiger partial charge is 0.200 e. The molecule has 0 saturated carbocycles. The van der Waals surface area contributed by atoms with Crippen LogP contribution in [0.5, 0.6) is 5.75 Å². The molecule has 0 aliphatic rings. The zero-order valence-electron chi connectivity index (χ0n) is 10.6. The van der Waals surface area contributed by atoms with Crippen molar-refractivity contribution in [3.63, 3.8) is 0 Å². The molecule has 2 aromatic rings. The lowest BCUT2D eigenvalue weighted by atomic mass is 10.3. The number of hydrogen-bond donors (Lipinski definition) is 1. The molecule has 1 aromatic carbocycles. The van der Waals surface area contributed by atoms with Crippen molar-refractivity contribution in [1.29, 1.82) is 0 Å². The summed E-state index contributed by atoms with van der Waals surface area (Å²) in [7, 11) is 0.